The molecule has 0 spiro atoms. The van der Waals surface area contributed by atoms with Gasteiger partial charge < -0.3 is 14.5 Å². The molecule has 0 saturated carbocycles. The maximum Gasteiger partial charge on any atom is 0.408 e. The van der Waals surface area contributed by atoms with Crippen molar-refractivity contribution in [1.82, 2.24) is 15.5 Å². The summed E-state index contributed by atoms with van der Waals surface area (Å²) in [6.07, 6.45) is -0.240. The van der Waals surface area contributed by atoms with Crippen molar-refractivity contribution >= 4 is 15.9 Å². The Labute approximate surface area is 169 Å². The molecule has 0 aliphatic heterocycles. The number of hydrogen-bond donors (Lipinski definition) is 1. The van der Waals surface area contributed by atoms with Crippen LogP contribution in [0.15, 0.2) is 33.9 Å². The minimum Gasteiger partial charge on any atom is -0.444 e. The lowest BCUT2D eigenvalue weighted by Crippen LogP contribution is -2.35. The van der Waals surface area contributed by atoms with Crippen molar-refractivity contribution in [2.45, 2.75) is 63.7 Å². The summed E-state index contributed by atoms with van der Waals surface area (Å²) in [4.78, 5) is 12.1. The highest BCUT2D eigenvalue weighted by Crippen LogP contribution is 2.24. The fourth-order valence-electron chi connectivity index (χ4n) is 2.54. The Morgan fingerprint density at radius 2 is 1.97 bits per heavy atom. The Morgan fingerprint density at radius 1 is 1.28 bits per heavy atom. The van der Waals surface area contributed by atoms with Gasteiger partial charge in [0.25, 0.3) is 0 Å². The van der Waals surface area contributed by atoms with Gasteiger partial charge in [-0.2, -0.15) is 0 Å². The van der Waals surface area contributed by atoms with Crippen molar-refractivity contribution in [3.63, 3.8) is 0 Å². The third-order valence-electron chi connectivity index (χ3n) is 3.63. The monoisotopic (exact) mass is 427 g/mol. The molecule has 2 rings (SSSR count). The van der Waals surface area contributed by atoms with E-state index in [1.807, 2.05) is 13.8 Å². The molecule has 160 valence electrons. The van der Waals surface area contributed by atoms with Crippen molar-refractivity contribution in [1.29, 1.82) is 0 Å². The summed E-state index contributed by atoms with van der Waals surface area (Å²) >= 11 is 0. The molecule has 8 nitrogen and oxygen atoms in total. The van der Waals surface area contributed by atoms with Crippen LogP contribution in [0.4, 0.5) is 9.18 Å². The number of alkyl carbamates (subject to hydrolysis) is 1. The Bertz CT molecular complexity index is 951. The van der Waals surface area contributed by atoms with Crippen molar-refractivity contribution in [2.75, 3.05) is 0 Å². The van der Waals surface area contributed by atoms with E-state index in [1.165, 1.54) is 18.2 Å². The van der Waals surface area contributed by atoms with E-state index in [2.05, 4.69) is 15.5 Å². The van der Waals surface area contributed by atoms with Crippen LogP contribution in [0.1, 0.15) is 58.5 Å². The Morgan fingerprint density at radius 3 is 2.55 bits per heavy atom. The number of halogens is 1. The number of amides is 1. The molecule has 0 saturated heterocycles. The Balaban J connectivity index is 2.21. The zero-order chi connectivity index (χ0) is 21.8. The van der Waals surface area contributed by atoms with Crippen LogP contribution in [0, 0.1) is 11.7 Å². The Hall–Kier alpha value is -2.49. The summed E-state index contributed by atoms with van der Waals surface area (Å²) in [5.41, 5.74) is -0.434. The van der Waals surface area contributed by atoms with E-state index in [4.69, 9.17) is 9.15 Å². The highest BCUT2D eigenvalue weighted by atomic mass is 32.2. The first-order chi connectivity index (χ1) is 13.4. The van der Waals surface area contributed by atoms with Gasteiger partial charge in [0.05, 0.1) is 5.75 Å². The lowest BCUT2D eigenvalue weighted by atomic mass is 10.0. The fraction of sp³-hybridized carbons (Fsp3) is 0.526. The van der Waals surface area contributed by atoms with Crippen LogP contribution in [0.25, 0.3) is 0 Å². The number of hydrogen-bond acceptors (Lipinski definition) is 7. The number of nitrogens with zero attached hydrogens (tertiary/aromatic N) is 2. The number of benzene rings is 1. The lowest BCUT2D eigenvalue weighted by Gasteiger charge is -2.22. The molecule has 1 amide bonds. The molecular weight excluding hydrogens is 401 g/mol. The maximum absolute atomic E-state index is 13.3. The van der Waals surface area contributed by atoms with E-state index in [9.17, 15) is 17.6 Å². The molecular formula is C19H26FN3O5S. The van der Waals surface area contributed by atoms with Crippen LogP contribution in [-0.2, 0) is 20.3 Å². The Kier molecular flexibility index (Phi) is 6.99. The van der Waals surface area contributed by atoms with Crippen molar-refractivity contribution in [2.24, 2.45) is 5.92 Å². The predicted molar refractivity (Wildman–Crippen MR) is 103 cm³/mol. The summed E-state index contributed by atoms with van der Waals surface area (Å²) < 4.78 is 49.0. The number of aromatic nitrogens is 2. The molecule has 2 aromatic rings. The van der Waals surface area contributed by atoms with Gasteiger partial charge in [0, 0.05) is 0 Å². The van der Waals surface area contributed by atoms with Gasteiger partial charge in [0.15, 0.2) is 0 Å². The van der Waals surface area contributed by atoms with Gasteiger partial charge in [-0.15, -0.1) is 5.10 Å². The topological polar surface area (TPSA) is 111 Å². The second-order valence-electron chi connectivity index (χ2n) is 8.12. The molecule has 1 atom stereocenters. The number of nitrogens with one attached hydrogen (secondary N) is 1. The normalized spacial score (nSPS) is 13.3. The van der Waals surface area contributed by atoms with E-state index in [0.29, 0.717) is 6.42 Å². The summed E-state index contributed by atoms with van der Waals surface area (Å²) in [6, 6.07) is 4.54. The standard InChI is InChI=1S/C19H26FN3O5S/c1-12(2)9-15(21-17(24)28-19(3,4)5)16-22-23-18(27-16)29(25,26)11-13-7-6-8-14(20)10-13/h6-8,10,12,15H,9,11H2,1-5H3,(H,21,24)/t15-/m0/s1. The van der Waals surface area contributed by atoms with Gasteiger partial charge in [0.1, 0.15) is 17.5 Å². The minimum absolute atomic E-state index is 0.0395. The zero-order valence-corrected chi connectivity index (χ0v) is 17.9. The van der Waals surface area contributed by atoms with Crippen LogP contribution in [0.2, 0.25) is 0 Å². The summed E-state index contributed by atoms with van der Waals surface area (Å²) in [5, 5.41) is 9.49. The zero-order valence-electron chi connectivity index (χ0n) is 17.1. The van der Waals surface area contributed by atoms with Crippen molar-refractivity contribution < 1.29 is 26.8 Å². The third kappa shape index (κ3) is 7.12. The summed E-state index contributed by atoms with van der Waals surface area (Å²) in [5.74, 6) is -0.917. The predicted octanol–water partition coefficient (Wildman–Crippen LogP) is 3.79. The van der Waals surface area contributed by atoms with Gasteiger partial charge >= 0.3 is 11.3 Å². The molecule has 1 N–H and O–H groups in total. The molecule has 1 heterocycles. The van der Waals surface area contributed by atoms with Gasteiger partial charge in [-0.3, -0.25) is 0 Å². The van der Waals surface area contributed by atoms with E-state index < -0.39 is 44.4 Å². The number of rotatable bonds is 7. The third-order valence-corrected chi connectivity index (χ3v) is 5.04. The number of carbonyl (C=O) groups is 1. The summed E-state index contributed by atoms with van der Waals surface area (Å²) in [6.45, 7) is 9.05. The van der Waals surface area contributed by atoms with Gasteiger partial charge in [-0.25, -0.2) is 17.6 Å². The first-order valence-electron chi connectivity index (χ1n) is 9.16. The summed E-state index contributed by atoms with van der Waals surface area (Å²) in [7, 11) is -3.98. The van der Waals surface area contributed by atoms with Crippen molar-refractivity contribution in [3.05, 3.63) is 41.5 Å². The lowest BCUT2D eigenvalue weighted by molar-refractivity contribution is 0.0487. The molecule has 10 heteroatoms. The second kappa shape index (κ2) is 8.89. The fourth-order valence-corrected chi connectivity index (χ4v) is 3.66. The quantitative estimate of drug-likeness (QED) is 0.715. The number of ether oxygens (including phenoxy) is 1. The molecule has 1 aromatic heterocycles. The van der Waals surface area contributed by atoms with Crippen LogP contribution in [0.3, 0.4) is 0 Å². The second-order valence-corrected chi connectivity index (χ2v) is 9.99. The van der Waals surface area contributed by atoms with E-state index in [1.54, 1.807) is 20.8 Å². The van der Waals surface area contributed by atoms with Crippen molar-refractivity contribution in [3.8, 4) is 0 Å². The van der Waals surface area contributed by atoms with Gasteiger partial charge in [-0.1, -0.05) is 31.1 Å². The average Bonchev–Trinajstić information content (AvgIpc) is 3.02. The highest BCUT2D eigenvalue weighted by molar-refractivity contribution is 7.90. The van der Waals surface area contributed by atoms with E-state index in [-0.39, 0.29) is 17.4 Å². The largest absolute Gasteiger partial charge is 0.444 e. The van der Waals surface area contributed by atoms with Gasteiger partial charge in [0.2, 0.25) is 15.7 Å². The number of carbonyl (C=O) groups excluding carboxylic acids is 1. The maximum atomic E-state index is 13.3. The van der Waals surface area contributed by atoms with Crippen LogP contribution in [-0.4, -0.2) is 30.3 Å². The molecule has 0 fully saturated rings. The first kappa shape index (κ1) is 22.8. The van der Waals surface area contributed by atoms with E-state index in [0.717, 1.165) is 6.07 Å². The molecule has 0 aliphatic rings. The number of sulfone groups is 1. The van der Waals surface area contributed by atoms with Crippen LogP contribution >= 0.6 is 0 Å². The molecule has 0 unspecified atom stereocenters. The first-order valence-corrected chi connectivity index (χ1v) is 10.8. The molecule has 0 radical (unpaired) electrons. The van der Waals surface area contributed by atoms with E-state index >= 15 is 0 Å². The van der Waals surface area contributed by atoms with Gasteiger partial charge in [-0.05, 0) is 50.8 Å². The molecule has 0 aliphatic carbocycles. The minimum atomic E-state index is -3.98. The SMILES string of the molecule is CC(C)C[C@H](NC(=O)OC(C)(C)C)c1nnc(S(=O)(=O)Cc2cccc(F)c2)o1. The molecule has 0 bridgehead atoms. The average molecular weight is 427 g/mol. The van der Waals surface area contributed by atoms with Crippen LogP contribution < -0.4 is 5.32 Å². The molecule has 29 heavy (non-hydrogen) atoms. The highest BCUT2D eigenvalue weighted by Gasteiger charge is 2.29. The van der Waals surface area contributed by atoms with Crippen LogP contribution in [0.5, 0.6) is 0 Å². The smallest absolute Gasteiger partial charge is 0.408 e. The molecule has 1 aromatic carbocycles.